The predicted octanol–water partition coefficient (Wildman–Crippen LogP) is 7.26. The highest BCUT2D eigenvalue weighted by atomic mass is 79.9. The van der Waals surface area contributed by atoms with Crippen molar-refractivity contribution in [3.63, 3.8) is 0 Å². The Bertz CT molecular complexity index is 2550. The van der Waals surface area contributed by atoms with Gasteiger partial charge in [0.15, 0.2) is 11.6 Å². The smallest absolute Gasteiger partial charge is 0.423 e. The zero-order valence-corrected chi connectivity index (χ0v) is 37.6. The van der Waals surface area contributed by atoms with E-state index in [1.807, 2.05) is 58.0 Å². The zero-order valence-electron chi connectivity index (χ0n) is 36.0. The Hall–Kier alpha value is -5.93. The topological polar surface area (TPSA) is 199 Å². The van der Waals surface area contributed by atoms with E-state index in [0.717, 1.165) is 34.4 Å². The van der Waals surface area contributed by atoms with Crippen molar-refractivity contribution >= 4 is 58.3 Å². The highest BCUT2D eigenvalue weighted by Gasteiger charge is 2.32. The predicted molar refractivity (Wildman–Crippen MR) is 250 cm³/mol. The van der Waals surface area contributed by atoms with Gasteiger partial charge in [-0.3, -0.25) is 14.4 Å². The van der Waals surface area contributed by atoms with Gasteiger partial charge in [0.1, 0.15) is 6.29 Å². The number of nitrogen functional groups attached to an aromatic ring is 2. The SMILES string of the molecule is CC.Cc1nc(N)nc2c1C(=O)CC(c1ccccc1-c1cccc(CN(C)C)c1)C2.Cc1nc(N)nc2c1C(=O)CC(c1ccccc1Br)C2.O=Cc1cccc(B(O)O)c1. The number of aromatic nitrogens is 4. The van der Waals surface area contributed by atoms with Crippen LogP contribution in [0.1, 0.15) is 109 Å². The van der Waals surface area contributed by atoms with Crippen LogP contribution in [0.15, 0.2) is 102 Å². The molecule has 2 aliphatic carbocycles. The summed E-state index contributed by atoms with van der Waals surface area (Å²) < 4.78 is 1.03. The number of aldehydes is 1. The molecule has 62 heavy (non-hydrogen) atoms. The van der Waals surface area contributed by atoms with Crippen LogP contribution < -0.4 is 16.9 Å². The molecule has 2 atom stereocenters. The highest BCUT2D eigenvalue weighted by Crippen LogP contribution is 2.39. The van der Waals surface area contributed by atoms with Gasteiger partial charge in [0.25, 0.3) is 0 Å². The molecule has 0 aliphatic heterocycles. The van der Waals surface area contributed by atoms with Gasteiger partial charge in [-0.25, -0.2) is 19.9 Å². The number of ketones is 2. The molecule has 0 fully saturated rings. The van der Waals surface area contributed by atoms with Gasteiger partial charge >= 0.3 is 7.12 Å². The summed E-state index contributed by atoms with van der Waals surface area (Å²) in [5.41, 5.74) is 22.5. The van der Waals surface area contributed by atoms with Crippen LogP contribution in [0.5, 0.6) is 0 Å². The summed E-state index contributed by atoms with van der Waals surface area (Å²) >= 11 is 3.55. The van der Waals surface area contributed by atoms with Gasteiger partial charge in [-0.2, -0.15) is 0 Å². The molecule has 2 aromatic heterocycles. The summed E-state index contributed by atoms with van der Waals surface area (Å²) in [5, 5.41) is 17.4. The van der Waals surface area contributed by atoms with Crippen molar-refractivity contribution in [2.45, 2.75) is 71.8 Å². The molecular weight excluding hydrogens is 845 g/mol. The minimum absolute atomic E-state index is 0.0809. The first kappa shape index (κ1) is 47.1. The van der Waals surface area contributed by atoms with E-state index >= 15 is 0 Å². The molecule has 320 valence electrons. The van der Waals surface area contributed by atoms with Gasteiger partial charge in [0, 0.05) is 29.4 Å². The van der Waals surface area contributed by atoms with Crippen LogP contribution in [0.3, 0.4) is 0 Å². The third-order valence-corrected chi connectivity index (χ3v) is 11.2. The molecule has 0 radical (unpaired) electrons. The minimum Gasteiger partial charge on any atom is -0.423 e. The van der Waals surface area contributed by atoms with Crippen molar-refractivity contribution in [2.24, 2.45) is 0 Å². The Morgan fingerprint density at radius 3 is 1.79 bits per heavy atom. The van der Waals surface area contributed by atoms with Crippen molar-refractivity contribution in [3.05, 3.63) is 158 Å². The number of hydrogen-bond donors (Lipinski definition) is 4. The summed E-state index contributed by atoms with van der Waals surface area (Å²) in [7, 11) is 2.64. The number of rotatable bonds is 7. The lowest BCUT2D eigenvalue weighted by Crippen LogP contribution is -2.29. The summed E-state index contributed by atoms with van der Waals surface area (Å²) in [4.78, 5) is 54.6. The second-order valence-corrected chi connectivity index (χ2v) is 16.1. The number of anilines is 2. The second kappa shape index (κ2) is 21.7. The molecular formula is C48H53BBrN7O5. The van der Waals surface area contributed by atoms with Gasteiger partial charge in [-0.1, -0.05) is 115 Å². The number of carbonyl (C=O) groups is 3. The van der Waals surface area contributed by atoms with Crippen LogP contribution in [-0.4, -0.2) is 74.0 Å². The monoisotopic (exact) mass is 897 g/mol. The summed E-state index contributed by atoms with van der Waals surface area (Å²) in [6.07, 6.45) is 3.03. The normalized spacial score (nSPS) is 15.1. The molecule has 0 saturated heterocycles. The molecule has 0 spiro atoms. The van der Waals surface area contributed by atoms with Gasteiger partial charge < -0.3 is 26.4 Å². The van der Waals surface area contributed by atoms with E-state index in [2.05, 4.69) is 97.3 Å². The molecule has 2 aliphatic rings. The second-order valence-electron chi connectivity index (χ2n) is 15.2. The number of fused-ring (bicyclic) bond motifs is 2. The van der Waals surface area contributed by atoms with Crippen LogP contribution in [0.2, 0.25) is 0 Å². The molecule has 0 bridgehead atoms. The van der Waals surface area contributed by atoms with Crippen LogP contribution >= 0.6 is 15.9 Å². The summed E-state index contributed by atoms with van der Waals surface area (Å²) in [5.74, 6) is 0.896. The van der Waals surface area contributed by atoms with Crippen LogP contribution in [0.4, 0.5) is 11.9 Å². The average molecular weight is 899 g/mol. The number of nitrogens with zero attached hydrogens (tertiary/aromatic N) is 5. The maximum atomic E-state index is 12.9. The number of hydrogen-bond acceptors (Lipinski definition) is 12. The van der Waals surface area contributed by atoms with Gasteiger partial charge in [0.05, 0.1) is 33.9 Å². The maximum Gasteiger partial charge on any atom is 0.488 e. The third kappa shape index (κ3) is 11.7. The van der Waals surface area contributed by atoms with E-state index in [-0.39, 0.29) is 35.3 Å². The van der Waals surface area contributed by atoms with Gasteiger partial charge in [0.2, 0.25) is 11.9 Å². The molecule has 14 heteroatoms. The largest absolute Gasteiger partial charge is 0.488 e. The van der Waals surface area contributed by atoms with E-state index in [1.54, 1.807) is 12.1 Å². The molecule has 12 nitrogen and oxygen atoms in total. The molecule has 2 heterocycles. The van der Waals surface area contributed by atoms with Crippen molar-refractivity contribution in [3.8, 4) is 11.1 Å². The molecule has 0 amide bonds. The lowest BCUT2D eigenvalue weighted by atomic mass is 9.78. The minimum atomic E-state index is -1.50. The quantitative estimate of drug-likeness (QED) is 0.0926. The van der Waals surface area contributed by atoms with Crippen molar-refractivity contribution < 1.29 is 24.4 Å². The van der Waals surface area contributed by atoms with Crippen molar-refractivity contribution in [2.75, 3.05) is 25.6 Å². The van der Waals surface area contributed by atoms with E-state index < -0.39 is 7.12 Å². The number of benzene rings is 4. The number of aryl methyl sites for hydroxylation is 2. The van der Waals surface area contributed by atoms with E-state index in [9.17, 15) is 14.4 Å². The van der Waals surface area contributed by atoms with Gasteiger partial charge in [-0.15, -0.1) is 0 Å². The van der Waals surface area contributed by atoms with Crippen LogP contribution in [-0.2, 0) is 19.4 Å². The number of nitrogens with two attached hydrogens (primary N) is 2. The lowest BCUT2D eigenvalue weighted by Gasteiger charge is -2.26. The van der Waals surface area contributed by atoms with E-state index in [0.29, 0.717) is 59.1 Å². The first-order valence-corrected chi connectivity index (χ1v) is 21.3. The van der Waals surface area contributed by atoms with Gasteiger partial charge in [-0.05, 0) is 98.0 Å². The Balaban J connectivity index is 0.000000190. The first-order chi connectivity index (χ1) is 29.7. The Kier molecular flexibility index (Phi) is 16.5. The maximum absolute atomic E-state index is 12.9. The number of carbonyl (C=O) groups excluding carboxylic acids is 3. The van der Waals surface area contributed by atoms with E-state index in [1.165, 1.54) is 34.4 Å². The molecule has 8 rings (SSSR count). The average Bonchev–Trinajstić information content (AvgIpc) is 3.24. The number of halogens is 1. The number of Topliss-reactive ketones (excluding diaryl/α,β-unsaturated/α-hetero) is 2. The highest BCUT2D eigenvalue weighted by molar-refractivity contribution is 9.10. The van der Waals surface area contributed by atoms with Crippen LogP contribution in [0.25, 0.3) is 11.1 Å². The molecule has 6 N–H and O–H groups in total. The molecule has 6 aromatic rings. The van der Waals surface area contributed by atoms with Crippen molar-refractivity contribution in [1.82, 2.24) is 24.8 Å². The zero-order chi connectivity index (χ0) is 45.1. The fourth-order valence-corrected chi connectivity index (χ4v) is 8.56. The molecule has 4 aromatic carbocycles. The Morgan fingerprint density at radius 2 is 1.24 bits per heavy atom. The standard InChI is InChI=1S/C24H26N4O.C15H14BrN3O.C7H7BO3.C2H6/c1-15-23-21(27-24(25)26-15)12-18(13-22(23)29)20-10-5-4-9-19(20)17-8-6-7-16(11-17)14-28(2)3;1-8-14-12(19-15(17)18-8)6-9(7-13(14)20)10-4-2-3-5-11(10)16;9-5-6-2-1-3-7(4-6)8(10)11;1-2/h4-11,18H,12-14H2,1-3H3,(H2,25,26,27);2-5,9H,6-7H2,1H3,(H2,17,18,19);1-5,10-11H;1-2H3. The molecule has 0 saturated carbocycles. The van der Waals surface area contributed by atoms with Crippen LogP contribution in [0, 0.1) is 13.8 Å². The Morgan fingerprint density at radius 1 is 0.710 bits per heavy atom. The fraction of sp³-hybridized carbons (Fsp3) is 0.271. The Labute approximate surface area is 372 Å². The summed E-state index contributed by atoms with van der Waals surface area (Å²) in [6, 6.07) is 31.2. The third-order valence-electron chi connectivity index (χ3n) is 10.5. The fourth-order valence-electron chi connectivity index (χ4n) is 7.95. The van der Waals surface area contributed by atoms with E-state index in [4.69, 9.17) is 21.5 Å². The lowest BCUT2D eigenvalue weighted by molar-refractivity contribution is 0.0953. The molecule has 2 unspecified atom stereocenters. The van der Waals surface area contributed by atoms with Crippen molar-refractivity contribution in [1.29, 1.82) is 0 Å². The first-order valence-electron chi connectivity index (χ1n) is 20.5. The summed E-state index contributed by atoms with van der Waals surface area (Å²) in [6.45, 7) is 8.54.